The number of ether oxygens (including phenoxy) is 2. The molecule has 0 saturated heterocycles. The van der Waals surface area contributed by atoms with Crippen LogP contribution in [0, 0.1) is 11.8 Å². The van der Waals surface area contributed by atoms with Crippen LogP contribution < -0.4 is 9.47 Å². The molecule has 0 aliphatic rings. The average Bonchev–Trinajstić information content (AvgIpc) is 3.46. The van der Waals surface area contributed by atoms with Crippen LogP contribution in [0.3, 0.4) is 0 Å². The molecule has 0 saturated carbocycles. The summed E-state index contributed by atoms with van der Waals surface area (Å²) in [4.78, 5) is 9.52. The Kier molecular flexibility index (Phi) is 14.2. The molecule has 45 heavy (non-hydrogen) atoms. The molecule has 244 valence electrons. The van der Waals surface area contributed by atoms with Gasteiger partial charge in [0.2, 0.25) is 0 Å². The molecule has 1 aromatic heterocycles. The molecule has 8 heteroatoms. The van der Waals surface area contributed by atoms with Crippen LogP contribution in [0.2, 0.25) is 0 Å². The lowest BCUT2D eigenvalue weighted by molar-refractivity contribution is 0.232. The number of hydrogen-bond acceptors (Lipinski definition) is 6. The second-order valence-corrected chi connectivity index (χ2v) is 11.7. The van der Waals surface area contributed by atoms with Crippen molar-refractivity contribution in [2.45, 2.75) is 86.0 Å². The fraction of sp³-hybridized carbons (Fsp3) is 0.486. The van der Waals surface area contributed by atoms with Crippen LogP contribution >= 0.6 is 0 Å². The van der Waals surface area contributed by atoms with Crippen LogP contribution in [0.1, 0.15) is 103 Å². The lowest BCUT2D eigenvalue weighted by Gasteiger charge is -2.16. The number of rotatable bonds is 18. The van der Waals surface area contributed by atoms with E-state index in [1.165, 1.54) is 12.8 Å². The van der Waals surface area contributed by atoms with Gasteiger partial charge >= 0.3 is 0 Å². The highest BCUT2D eigenvalue weighted by Crippen LogP contribution is 2.32. The van der Waals surface area contributed by atoms with Crippen molar-refractivity contribution in [2.24, 2.45) is 28.9 Å². The van der Waals surface area contributed by atoms with Crippen molar-refractivity contribution in [1.82, 2.24) is 9.78 Å². The van der Waals surface area contributed by atoms with E-state index in [-0.39, 0.29) is 17.3 Å². The van der Waals surface area contributed by atoms with Crippen molar-refractivity contribution < 1.29 is 19.7 Å². The van der Waals surface area contributed by atoms with E-state index in [1.807, 2.05) is 32.2 Å². The molecule has 0 spiro atoms. The minimum Gasteiger partial charge on any atom is -0.507 e. The van der Waals surface area contributed by atoms with Crippen LogP contribution in [-0.2, 0) is 7.05 Å². The highest BCUT2D eigenvalue weighted by Gasteiger charge is 2.16. The molecule has 3 aromatic rings. The number of phenols is 2. The number of aromatic hydroxyl groups is 2. The predicted octanol–water partition coefficient (Wildman–Crippen LogP) is 8.95. The highest BCUT2D eigenvalue weighted by molar-refractivity contribution is 6.13. The molecule has 0 bridgehead atoms. The van der Waals surface area contributed by atoms with Crippen molar-refractivity contribution in [3.8, 4) is 23.0 Å². The van der Waals surface area contributed by atoms with Crippen LogP contribution in [0.15, 0.2) is 65.2 Å². The van der Waals surface area contributed by atoms with Gasteiger partial charge in [0.15, 0.2) is 5.84 Å². The molecular weight excluding hydrogens is 564 g/mol. The number of aromatic nitrogens is 2. The quantitative estimate of drug-likeness (QED) is 0.110. The number of phenolic OH excluding ortho intramolecular Hbond substituents is 2. The van der Waals surface area contributed by atoms with E-state index in [2.05, 4.69) is 39.4 Å². The van der Waals surface area contributed by atoms with Crippen molar-refractivity contribution in [3.05, 3.63) is 72.1 Å². The van der Waals surface area contributed by atoms with Crippen molar-refractivity contribution in [3.63, 3.8) is 0 Å². The van der Waals surface area contributed by atoms with Gasteiger partial charge in [-0.05, 0) is 61.9 Å². The van der Waals surface area contributed by atoms with E-state index in [9.17, 15) is 10.2 Å². The van der Waals surface area contributed by atoms with Gasteiger partial charge in [-0.15, -0.1) is 0 Å². The molecule has 0 fully saturated rings. The number of hydrogen-bond donors (Lipinski definition) is 2. The van der Waals surface area contributed by atoms with Gasteiger partial charge in [0.05, 0.1) is 35.9 Å². The third-order valence-electron chi connectivity index (χ3n) is 8.25. The number of unbranched alkanes of at least 4 members (excludes halogenated alkanes) is 2. The molecule has 2 unspecified atom stereocenters. The smallest absolute Gasteiger partial charge is 0.163 e. The Morgan fingerprint density at radius 1 is 0.822 bits per heavy atom. The number of benzene rings is 2. The highest BCUT2D eigenvalue weighted by atomic mass is 16.5. The van der Waals surface area contributed by atoms with Gasteiger partial charge in [-0.3, -0.25) is 4.68 Å². The SMILES string of the molecule is C=C(N=C(N=C(C)c1ccnn1C)c1ccc(OCC(CC)CCCC)cc1O)c1ccc(OCC(CC)CCCC)cc1O. The lowest BCUT2D eigenvalue weighted by atomic mass is 10.0. The monoisotopic (exact) mass is 616 g/mol. The second kappa shape index (κ2) is 18.0. The maximum absolute atomic E-state index is 11.1. The lowest BCUT2D eigenvalue weighted by Crippen LogP contribution is -2.11. The maximum atomic E-state index is 11.1. The Morgan fingerprint density at radius 2 is 1.36 bits per heavy atom. The number of aliphatic imine (C=N–C) groups is 2. The van der Waals surface area contributed by atoms with Gasteiger partial charge < -0.3 is 19.7 Å². The summed E-state index contributed by atoms with van der Waals surface area (Å²) in [5, 5.41) is 26.3. The molecule has 0 amide bonds. The molecule has 0 aliphatic heterocycles. The fourth-order valence-corrected chi connectivity index (χ4v) is 5.14. The van der Waals surface area contributed by atoms with Gasteiger partial charge in [-0.25, -0.2) is 9.98 Å². The molecular formula is C37H52N4O4. The van der Waals surface area contributed by atoms with Crippen molar-refractivity contribution in [2.75, 3.05) is 13.2 Å². The van der Waals surface area contributed by atoms with E-state index in [0.29, 0.717) is 59.1 Å². The first-order valence-electron chi connectivity index (χ1n) is 16.4. The van der Waals surface area contributed by atoms with Gasteiger partial charge in [0, 0.05) is 30.9 Å². The molecule has 0 radical (unpaired) electrons. The summed E-state index contributed by atoms with van der Waals surface area (Å²) >= 11 is 0. The van der Waals surface area contributed by atoms with Gasteiger partial charge in [-0.2, -0.15) is 5.10 Å². The zero-order valence-corrected chi connectivity index (χ0v) is 28.1. The largest absolute Gasteiger partial charge is 0.507 e. The van der Waals surface area contributed by atoms with Crippen LogP contribution in [0.4, 0.5) is 0 Å². The van der Waals surface area contributed by atoms with Crippen LogP contribution in [-0.4, -0.2) is 44.8 Å². The van der Waals surface area contributed by atoms with Crippen molar-refractivity contribution in [1.29, 1.82) is 0 Å². The van der Waals surface area contributed by atoms with E-state index >= 15 is 0 Å². The van der Waals surface area contributed by atoms with Gasteiger partial charge in [-0.1, -0.05) is 72.8 Å². The van der Waals surface area contributed by atoms with Crippen LogP contribution in [0.5, 0.6) is 23.0 Å². The minimum atomic E-state index is -0.0104. The zero-order chi connectivity index (χ0) is 32.8. The first-order valence-corrected chi connectivity index (χ1v) is 16.4. The molecule has 3 rings (SSSR count). The first kappa shape index (κ1) is 35.4. The number of aryl methyl sites for hydroxylation is 1. The molecule has 0 aliphatic carbocycles. The Hall–Kier alpha value is -4.07. The summed E-state index contributed by atoms with van der Waals surface area (Å²) in [5.41, 5.74) is 2.62. The standard InChI is InChI=1S/C37H52N4O4/c1-8-12-14-28(10-3)24-44-30-16-18-32(35(42)22-30)26(5)39-37(40-27(6)34-20-21-38-41(34)7)33-19-17-31(23-36(33)43)45-25-29(11-4)15-13-9-2/h16-23,28-29,42-43H,5,8-15,24-25H2,1-4,6-7H3. The Labute approximate surface area is 269 Å². The topological polar surface area (TPSA) is 101 Å². The summed E-state index contributed by atoms with van der Waals surface area (Å²) in [6.07, 6.45) is 10.7. The predicted molar refractivity (Wildman–Crippen MR) is 185 cm³/mol. The van der Waals surface area contributed by atoms with E-state index in [1.54, 1.807) is 35.1 Å². The summed E-state index contributed by atoms with van der Waals surface area (Å²) in [7, 11) is 1.84. The summed E-state index contributed by atoms with van der Waals surface area (Å²) < 4.78 is 13.8. The van der Waals surface area contributed by atoms with Gasteiger partial charge in [0.25, 0.3) is 0 Å². The van der Waals surface area contributed by atoms with Crippen LogP contribution in [0.25, 0.3) is 5.70 Å². The maximum Gasteiger partial charge on any atom is 0.163 e. The number of amidine groups is 1. The molecule has 1 heterocycles. The van der Waals surface area contributed by atoms with E-state index in [0.717, 1.165) is 44.2 Å². The van der Waals surface area contributed by atoms with E-state index in [4.69, 9.17) is 19.5 Å². The average molecular weight is 617 g/mol. The third kappa shape index (κ3) is 10.5. The Morgan fingerprint density at radius 3 is 1.80 bits per heavy atom. The molecule has 2 aromatic carbocycles. The molecule has 8 nitrogen and oxygen atoms in total. The third-order valence-corrected chi connectivity index (χ3v) is 8.25. The number of nitrogens with zero attached hydrogens (tertiary/aromatic N) is 4. The molecule has 2 N–H and O–H groups in total. The zero-order valence-electron chi connectivity index (χ0n) is 28.1. The van der Waals surface area contributed by atoms with Crippen molar-refractivity contribution >= 4 is 17.2 Å². The normalized spacial score (nSPS) is 13.5. The minimum absolute atomic E-state index is 0.0102. The fourth-order valence-electron chi connectivity index (χ4n) is 5.14. The molecule has 2 atom stereocenters. The summed E-state index contributed by atoms with van der Waals surface area (Å²) in [5.74, 6) is 2.38. The Balaban J connectivity index is 1.89. The Bertz CT molecular complexity index is 1440. The first-order chi connectivity index (χ1) is 21.7. The second-order valence-electron chi connectivity index (χ2n) is 11.7. The van der Waals surface area contributed by atoms with Gasteiger partial charge in [0.1, 0.15) is 23.0 Å². The summed E-state index contributed by atoms with van der Waals surface area (Å²) in [6.45, 7) is 15.9. The van der Waals surface area contributed by atoms with E-state index < -0.39 is 0 Å². The summed E-state index contributed by atoms with van der Waals surface area (Å²) in [6, 6.07) is 12.2.